The number of piperidine rings is 1. The molecule has 2 aromatic carbocycles. The van der Waals surface area contributed by atoms with Crippen molar-refractivity contribution in [3.8, 4) is 5.75 Å². The zero-order valence-electron chi connectivity index (χ0n) is 20.0. The topological polar surface area (TPSA) is 57.2 Å². The summed E-state index contributed by atoms with van der Waals surface area (Å²) in [5.41, 5.74) is 1.83. The number of hydrogen-bond acceptors (Lipinski definition) is 3. The van der Waals surface area contributed by atoms with Crippen LogP contribution in [0.25, 0.3) is 0 Å². The average Bonchev–Trinajstić information content (AvgIpc) is 2.84. The van der Waals surface area contributed by atoms with E-state index in [0.717, 1.165) is 68.4 Å². The Morgan fingerprint density at radius 2 is 1.67 bits per heavy atom. The molecule has 7 heteroatoms. The third kappa shape index (κ3) is 7.91. The fourth-order valence-electron chi connectivity index (χ4n) is 3.92. The molecule has 1 fully saturated rings. The van der Waals surface area contributed by atoms with E-state index in [2.05, 4.69) is 17.1 Å². The molecule has 1 saturated heterocycles. The molecule has 1 N–H and O–H groups in total. The van der Waals surface area contributed by atoms with Crippen LogP contribution in [-0.4, -0.2) is 60.5 Å². The summed E-state index contributed by atoms with van der Waals surface area (Å²) in [5.74, 6) is 1.96. The molecular weight excluding hydrogens is 527 g/mol. The minimum atomic E-state index is 0. The minimum Gasteiger partial charge on any atom is -0.490 e. The maximum absolute atomic E-state index is 12.5. The fraction of sp³-hybridized carbons (Fsp3) is 0.462. The predicted molar refractivity (Wildman–Crippen MR) is 146 cm³/mol. The number of guanidine groups is 1. The summed E-state index contributed by atoms with van der Waals surface area (Å²) in [6.07, 6.45) is 2.19. The van der Waals surface area contributed by atoms with E-state index >= 15 is 0 Å². The van der Waals surface area contributed by atoms with Crippen molar-refractivity contribution in [2.45, 2.75) is 46.3 Å². The van der Waals surface area contributed by atoms with E-state index in [1.807, 2.05) is 73.3 Å². The maximum atomic E-state index is 12.5. The molecule has 33 heavy (non-hydrogen) atoms. The fourth-order valence-corrected chi connectivity index (χ4v) is 3.92. The first-order valence-corrected chi connectivity index (χ1v) is 11.8. The Morgan fingerprint density at radius 1 is 1.03 bits per heavy atom. The number of amides is 1. The Morgan fingerprint density at radius 3 is 2.24 bits per heavy atom. The standard InChI is InChI=1S/C26H36N4O2.HI/c1-4-27-26(30-18-16-24(17-19-30)32-23-10-8-7-9-11-23)28-20-21-12-14-22(15-13-21)25(31)29(5-2)6-3;/h7-15,24H,4-6,16-20H2,1-3H3,(H,27,28);1H. The number of para-hydroxylation sites is 1. The van der Waals surface area contributed by atoms with E-state index in [-0.39, 0.29) is 36.0 Å². The van der Waals surface area contributed by atoms with Crippen LogP contribution in [0.15, 0.2) is 59.6 Å². The van der Waals surface area contributed by atoms with Gasteiger partial charge in [-0.25, -0.2) is 4.99 Å². The quantitative estimate of drug-likeness (QED) is 0.285. The molecule has 0 atom stereocenters. The summed E-state index contributed by atoms with van der Waals surface area (Å²) in [6, 6.07) is 17.9. The van der Waals surface area contributed by atoms with E-state index in [0.29, 0.717) is 6.54 Å². The molecule has 0 aromatic heterocycles. The van der Waals surface area contributed by atoms with Gasteiger partial charge in [0.05, 0.1) is 6.54 Å². The molecule has 1 aliphatic rings. The lowest BCUT2D eigenvalue weighted by molar-refractivity contribution is 0.0773. The van der Waals surface area contributed by atoms with Gasteiger partial charge in [-0.1, -0.05) is 30.3 Å². The van der Waals surface area contributed by atoms with Gasteiger partial charge >= 0.3 is 0 Å². The number of halogens is 1. The molecule has 0 spiro atoms. The number of nitrogens with zero attached hydrogens (tertiary/aromatic N) is 3. The lowest BCUT2D eigenvalue weighted by Gasteiger charge is -2.34. The van der Waals surface area contributed by atoms with Gasteiger partial charge in [0.2, 0.25) is 0 Å². The molecule has 1 heterocycles. The maximum Gasteiger partial charge on any atom is 0.253 e. The lowest BCUT2D eigenvalue weighted by Crippen LogP contribution is -2.47. The highest BCUT2D eigenvalue weighted by Gasteiger charge is 2.22. The summed E-state index contributed by atoms with van der Waals surface area (Å²) in [4.78, 5) is 21.5. The van der Waals surface area contributed by atoms with Gasteiger partial charge in [-0.2, -0.15) is 0 Å². The highest BCUT2D eigenvalue weighted by atomic mass is 127. The van der Waals surface area contributed by atoms with E-state index in [1.165, 1.54) is 0 Å². The smallest absolute Gasteiger partial charge is 0.253 e. The van der Waals surface area contributed by atoms with Crippen LogP contribution in [0.1, 0.15) is 49.5 Å². The first-order chi connectivity index (χ1) is 15.6. The van der Waals surface area contributed by atoms with Crippen LogP contribution in [-0.2, 0) is 6.54 Å². The van der Waals surface area contributed by atoms with Crippen molar-refractivity contribution in [3.63, 3.8) is 0 Å². The number of ether oxygens (including phenoxy) is 1. The number of nitrogens with one attached hydrogen (secondary N) is 1. The molecule has 1 aliphatic heterocycles. The third-order valence-corrected chi connectivity index (χ3v) is 5.79. The van der Waals surface area contributed by atoms with Gasteiger partial charge in [0.25, 0.3) is 5.91 Å². The van der Waals surface area contributed by atoms with E-state index in [9.17, 15) is 4.79 Å². The van der Waals surface area contributed by atoms with E-state index < -0.39 is 0 Å². The van der Waals surface area contributed by atoms with Crippen LogP contribution >= 0.6 is 24.0 Å². The third-order valence-electron chi connectivity index (χ3n) is 5.79. The van der Waals surface area contributed by atoms with Gasteiger partial charge in [0, 0.05) is 51.1 Å². The van der Waals surface area contributed by atoms with Crippen molar-refractivity contribution in [1.29, 1.82) is 0 Å². The highest BCUT2D eigenvalue weighted by molar-refractivity contribution is 14.0. The molecule has 180 valence electrons. The van der Waals surface area contributed by atoms with Gasteiger partial charge in [0.15, 0.2) is 5.96 Å². The first-order valence-electron chi connectivity index (χ1n) is 11.8. The van der Waals surface area contributed by atoms with Gasteiger partial charge in [0.1, 0.15) is 11.9 Å². The molecule has 0 aliphatic carbocycles. The number of benzene rings is 2. The Bertz CT molecular complexity index is 862. The Balaban J connectivity index is 0.00000385. The second kappa shape index (κ2) is 14.1. The van der Waals surface area contributed by atoms with Crippen molar-refractivity contribution >= 4 is 35.8 Å². The van der Waals surface area contributed by atoms with Gasteiger partial charge in [-0.05, 0) is 50.6 Å². The molecule has 0 bridgehead atoms. The second-order valence-corrected chi connectivity index (χ2v) is 7.96. The molecule has 2 aromatic rings. The van der Waals surface area contributed by atoms with Gasteiger partial charge < -0.3 is 19.9 Å². The van der Waals surface area contributed by atoms with Crippen molar-refractivity contribution in [2.24, 2.45) is 4.99 Å². The molecular formula is C26H37IN4O2. The molecule has 0 radical (unpaired) electrons. The van der Waals surface area contributed by atoms with Crippen LogP contribution < -0.4 is 10.1 Å². The Kier molecular flexibility index (Phi) is 11.5. The first kappa shape index (κ1) is 27.0. The van der Waals surface area contributed by atoms with Crippen molar-refractivity contribution < 1.29 is 9.53 Å². The van der Waals surface area contributed by atoms with Gasteiger partial charge in [-0.15, -0.1) is 24.0 Å². The Hall–Kier alpha value is -2.29. The number of aliphatic imine (C=N–C) groups is 1. The predicted octanol–water partition coefficient (Wildman–Crippen LogP) is 4.80. The summed E-state index contributed by atoms with van der Waals surface area (Å²) in [7, 11) is 0. The molecule has 0 unspecified atom stereocenters. The molecule has 6 nitrogen and oxygen atoms in total. The highest BCUT2D eigenvalue weighted by Crippen LogP contribution is 2.19. The number of carbonyl (C=O) groups is 1. The average molecular weight is 565 g/mol. The summed E-state index contributed by atoms with van der Waals surface area (Å²) >= 11 is 0. The minimum absolute atomic E-state index is 0. The van der Waals surface area contributed by atoms with Crippen molar-refractivity contribution in [1.82, 2.24) is 15.1 Å². The van der Waals surface area contributed by atoms with Crippen molar-refractivity contribution in [2.75, 3.05) is 32.7 Å². The largest absolute Gasteiger partial charge is 0.490 e. The second-order valence-electron chi connectivity index (χ2n) is 7.96. The number of hydrogen-bond donors (Lipinski definition) is 1. The number of likely N-dealkylation sites (tertiary alicyclic amines) is 1. The summed E-state index contributed by atoms with van der Waals surface area (Å²) < 4.78 is 6.12. The van der Waals surface area contributed by atoms with Crippen molar-refractivity contribution in [3.05, 3.63) is 65.7 Å². The van der Waals surface area contributed by atoms with Crippen LogP contribution in [0.5, 0.6) is 5.75 Å². The van der Waals surface area contributed by atoms with E-state index in [4.69, 9.17) is 9.73 Å². The summed E-state index contributed by atoms with van der Waals surface area (Å²) in [5, 5.41) is 3.42. The zero-order valence-corrected chi connectivity index (χ0v) is 22.3. The SMILES string of the molecule is CCNC(=NCc1ccc(C(=O)N(CC)CC)cc1)N1CCC(Oc2ccccc2)CC1.I. The zero-order chi connectivity index (χ0) is 22.8. The lowest BCUT2D eigenvalue weighted by atomic mass is 10.1. The molecule has 1 amide bonds. The van der Waals surface area contributed by atoms with Crippen LogP contribution in [0.4, 0.5) is 0 Å². The van der Waals surface area contributed by atoms with Crippen LogP contribution in [0.3, 0.4) is 0 Å². The van der Waals surface area contributed by atoms with Crippen LogP contribution in [0, 0.1) is 0 Å². The van der Waals surface area contributed by atoms with Crippen LogP contribution in [0.2, 0.25) is 0 Å². The normalized spacial score (nSPS) is 14.4. The Labute approximate surface area is 215 Å². The monoisotopic (exact) mass is 564 g/mol. The molecule has 0 saturated carbocycles. The number of rotatable bonds is 8. The number of carbonyl (C=O) groups excluding carboxylic acids is 1. The van der Waals surface area contributed by atoms with Gasteiger partial charge in [-0.3, -0.25) is 4.79 Å². The van der Waals surface area contributed by atoms with E-state index in [1.54, 1.807) is 0 Å². The summed E-state index contributed by atoms with van der Waals surface area (Å²) in [6.45, 7) is 10.8. The molecule has 3 rings (SSSR count).